The number of hydrogen-bond acceptors (Lipinski definition) is 5. The minimum Gasteiger partial charge on any atom is -0.494 e. The Balaban J connectivity index is 2.00. The van der Waals surface area contributed by atoms with Crippen LogP contribution in [-0.2, 0) is 6.42 Å². The number of aromatic nitrogens is 2. The summed E-state index contributed by atoms with van der Waals surface area (Å²) < 4.78 is 10.8. The molecule has 2 N–H and O–H groups in total. The zero-order valence-corrected chi connectivity index (χ0v) is 12.0. The Labute approximate surface area is 119 Å². The monoisotopic (exact) mass is 275 g/mol. The Morgan fingerprint density at radius 2 is 2.05 bits per heavy atom. The van der Waals surface area contributed by atoms with Crippen molar-refractivity contribution in [1.82, 2.24) is 10.1 Å². The largest absolute Gasteiger partial charge is 0.494 e. The summed E-state index contributed by atoms with van der Waals surface area (Å²) in [5, 5.41) is 3.92. The van der Waals surface area contributed by atoms with Gasteiger partial charge in [0.25, 0.3) is 5.89 Å². The molecule has 0 radical (unpaired) electrons. The summed E-state index contributed by atoms with van der Waals surface area (Å²) in [6, 6.07) is 7.70. The molecule has 2 rings (SSSR count). The molecule has 1 unspecified atom stereocenters. The van der Waals surface area contributed by atoms with Gasteiger partial charge in [-0.25, -0.2) is 0 Å². The molecule has 0 bridgehead atoms. The fourth-order valence-corrected chi connectivity index (χ4v) is 1.77. The number of benzene rings is 1. The third-order valence-corrected chi connectivity index (χ3v) is 2.84. The van der Waals surface area contributed by atoms with E-state index in [4.69, 9.17) is 15.0 Å². The summed E-state index contributed by atoms with van der Waals surface area (Å²) in [5.74, 6) is 2.01. The predicted octanol–water partition coefficient (Wildman–Crippen LogP) is 2.81. The Morgan fingerprint density at radius 3 is 2.70 bits per heavy atom. The first-order valence-corrected chi connectivity index (χ1v) is 7.00. The van der Waals surface area contributed by atoms with Crippen LogP contribution in [0.3, 0.4) is 0 Å². The molecule has 108 valence electrons. The lowest BCUT2D eigenvalue weighted by molar-refractivity contribution is 0.309. The SMILES string of the molecule is CCCCOc1ccc(-c2nc(CC(C)N)no2)cc1. The summed E-state index contributed by atoms with van der Waals surface area (Å²) >= 11 is 0. The molecule has 1 aromatic heterocycles. The van der Waals surface area contributed by atoms with Gasteiger partial charge in [-0.15, -0.1) is 0 Å². The van der Waals surface area contributed by atoms with Crippen molar-refractivity contribution in [2.75, 3.05) is 6.61 Å². The van der Waals surface area contributed by atoms with Crippen molar-refractivity contribution >= 4 is 0 Å². The van der Waals surface area contributed by atoms with Gasteiger partial charge in [0.05, 0.1) is 6.61 Å². The summed E-state index contributed by atoms with van der Waals surface area (Å²) in [4.78, 5) is 4.33. The Kier molecular flexibility index (Phi) is 5.12. The second-order valence-electron chi connectivity index (χ2n) is 4.92. The normalized spacial score (nSPS) is 12.3. The van der Waals surface area contributed by atoms with Crippen LogP contribution >= 0.6 is 0 Å². The van der Waals surface area contributed by atoms with Gasteiger partial charge >= 0.3 is 0 Å². The highest BCUT2D eigenvalue weighted by atomic mass is 16.5. The number of hydrogen-bond donors (Lipinski definition) is 1. The highest BCUT2D eigenvalue weighted by molar-refractivity contribution is 5.54. The van der Waals surface area contributed by atoms with Gasteiger partial charge in [-0.1, -0.05) is 18.5 Å². The first kappa shape index (κ1) is 14.5. The summed E-state index contributed by atoms with van der Waals surface area (Å²) in [6.45, 7) is 4.80. The molecule has 5 heteroatoms. The molecule has 1 heterocycles. The highest BCUT2D eigenvalue weighted by Gasteiger charge is 2.10. The molecule has 0 saturated carbocycles. The van der Waals surface area contributed by atoms with Crippen LogP contribution in [0.25, 0.3) is 11.5 Å². The van der Waals surface area contributed by atoms with E-state index in [0.29, 0.717) is 18.1 Å². The van der Waals surface area contributed by atoms with Crippen molar-refractivity contribution in [2.24, 2.45) is 5.73 Å². The van der Waals surface area contributed by atoms with Crippen molar-refractivity contribution in [2.45, 2.75) is 39.2 Å². The van der Waals surface area contributed by atoms with E-state index >= 15 is 0 Å². The molecular weight excluding hydrogens is 254 g/mol. The fraction of sp³-hybridized carbons (Fsp3) is 0.467. The maximum atomic E-state index is 5.71. The van der Waals surface area contributed by atoms with Gasteiger partial charge in [0.15, 0.2) is 5.82 Å². The van der Waals surface area contributed by atoms with Crippen LogP contribution in [0.5, 0.6) is 5.75 Å². The Hall–Kier alpha value is -1.88. The van der Waals surface area contributed by atoms with Crippen LogP contribution in [0.4, 0.5) is 0 Å². The van der Waals surface area contributed by atoms with E-state index in [9.17, 15) is 0 Å². The standard InChI is InChI=1S/C15H21N3O2/c1-3-4-9-19-13-7-5-12(6-8-13)15-17-14(18-20-15)10-11(2)16/h5-8,11H,3-4,9-10,16H2,1-2H3. The third-order valence-electron chi connectivity index (χ3n) is 2.84. The molecule has 0 spiro atoms. The molecule has 20 heavy (non-hydrogen) atoms. The first-order chi connectivity index (χ1) is 9.69. The van der Waals surface area contributed by atoms with Gasteiger partial charge in [0, 0.05) is 18.0 Å². The van der Waals surface area contributed by atoms with E-state index in [-0.39, 0.29) is 6.04 Å². The summed E-state index contributed by atoms with van der Waals surface area (Å²) in [5.41, 5.74) is 6.60. The van der Waals surface area contributed by atoms with Crippen LogP contribution in [0, 0.1) is 0 Å². The molecule has 1 atom stereocenters. The second kappa shape index (κ2) is 7.05. The molecule has 0 amide bonds. The molecule has 0 aliphatic carbocycles. The first-order valence-electron chi connectivity index (χ1n) is 7.00. The highest BCUT2D eigenvalue weighted by Crippen LogP contribution is 2.21. The van der Waals surface area contributed by atoms with E-state index in [1.807, 2.05) is 31.2 Å². The van der Waals surface area contributed by atoms with Gasteiger partial charge in [0.2, 0.25) is 0 Å². The number of nitrogens with two attached hydrogens (primary N) is 1. The van der Waals surface area contributed by atoms with Gasteiger partial charge in [-0.05, 0) is 37.6 Å². The van der Waals surface area contributed by atoms with E-state index in [1.165, 1.54) is 0 Å². The average Bonchev–Trinajstić information content (AvgIpc) is 2.87. The lowest BCUT2D eigenvalue weighted by Crippen LogP contribution is -2.18. The van der Waals surface area contributed by atoms with Gasteiger partial charge < -0.3 is 15.0 Å². The van der Waals surface area contributed by atoms with Crippen LogP contribution in [0.1, 0.15) is 32.5 Å². The number of unbranched alkanes of at least 4 members (excludes halogenated alkanes) is 1. The molecule has 0 aliphatic rings. The maximum Gasteiger partial charge on any atom is 0.257 e. The Morgan fingerprint density at radius 1 is 1.30 bits per heavy atom. The number of rotatable bonds is 7. The van der Waals surface area contributed by atoms with E-state index in [0.717, 1.165) is 30.8 Å². The minimum atomic E-state index is 0.0230. The topological polar surface area (TPSA) is 74.2 Å². The van der Waals surface area contributed by atoms with Crippen LogP contribution in [0.2, 0.25) is 0 Å². The van der Waals surface area contributed by atoms with Crippen molar-refractivity contribution in [3.63, 3.8) is 0 Å². The van der Waals surface area contributed by atoms with Crippen LogP contribution in [-0.4, -0.2) is 22.8 Å². The fourth-order valence-electron chi connectivity index (χ4n) is 1.77. The minimum absolute atomic E-state index is 0.0230. The smallest absolute Gasteiger partial charge is 0.257 e. The van der Waals surface area contributed by atoms with Gasteiger partial charge in [-0.2, -0.15) is 4.98 Å². The molecule has 5 nitrogen and oxygen atoms in total. The molecule has 0 fully saturated rings. The van der Waals surface area contributed by atoms with Crippen molar-refractivity contribution in [3.8, 4) is 17.2 Å². The summed E-state index contributed by atoms with van der Waals surface area (Å²) in [7, 11) is 0. The van der Waals surface area contributed by atoms with E-state index in [1.54, 1.807) is 0 Å². The van der Waals surface area contributed by atoms with Crippen LogP contribution < -0.4 is 10.5 Å². The lowest BCUT2D eigenvalue weighted by Gasteiger charge is -2.04. The van der Waals surface area contributed by atoms with Gasteiger partial charge in [0.1, 0.15) is 5.75 Å². The number of ether oxygens (including phenoxy) is 1. The molecular formula is C15H21N3O2. The predicted molar refractivity (Wildman–Crippen MR) is 77.5 cm³/mol. The van der Waals surface area contributed by atoms with E-state index in [2.05, 4.69) is 17.1 Å². The van der Waals surface area contributed by atoms with E-state index < -0.39 is 0 Å². The average molecular weight is 275 g/mol. The second-order valence-corrected chi connectivity index (χ2v) is 4.92. The van der Waals surface area contributed by atoms with Gasteiger partial charge in [-0.3, -0.25) is 0 Å². The molecule has 0 aliphatic heterocycles. The number of nitrogens with zero attached hydrogens (tertiary/aromatic N) is 2. The van der Waals surface area contributed by atoms with Crippen molar-refractivity contribution in [1.29, 1.82) is 0 Å². The molecule has 0 saturated heterocycles. The maximum absolute atomic E-state index is 5.71. The quantitative estimate of drug-likeness (QED) is 0.786. The third kappa shape index (κ3) is 4.06. The van der Waals surface area contributed by atoms with Crippen LogP contribution in [0.15, 0.2) is 28.8 Å². The zero-order valence-electron chi connectivity index (χ0n) is 12.0. The molecule has 2 aromatic rings. The molecule has 1 aromatic carbocycles. The van der Waals surface area contributed by atoms with Crippen molar-refractivity contribution < 1.29 is 9.26 Å². The zero-order chi connectivity index (χ0) is 14.4. The Bertz CT molecular complexity index is 520. The summed E-state index contributed by atoms with van der Waals surface area (Å²) in [6.07, 6.45) is 2.80. The van der Waals surface area contributed by atoms with Crippen molar-refractivity contribution in [3.05, 3.63) is 30.1 Å². The lowest BCUT2D eigenvalue weighted by atomic mass is 10.2.